The Bertz CT molecular complexity index is 186. The molecule has 0 heterocycles. The minimum absolute atomic E-state index is 0.405. The van der Waals surface area contributed by atoms with Crippen LogP contribution in [0.3, 0.4) is 0 Å². The van der Waals surface area contributed by atoms with E-state index in [0.717, 1.165) is 11.3 Å². The van der Waals surface area contributed by atoms with Crippen molar-refractivity contribution in [2.45, 2.75) is 50.5 Å². The molecule has 4 aliphatic carbocycles. The lowest BCUT2D eigenvalue weighted by Gasteiger charge is -2.73. The summed E-state index contributed by atoms with van der Waals surface area (Å²) in [5.74, 6) is 6.58. The summed E-state index contributed by atoms with van der Waals surface area (Å²) in [6, 6.07) is 0. The average Bonchev–Trinajstić information content (AvgIpc) is 2.35. The second-order valence-corrected chi connectivity index (χ2v) is 5.30. The molecule has 0 aromatic heterocycles. The van der Waals surface area contributed by atoms with Gasteiger partial charge in [-0.3, -0.25) is 11.3 Å². The van der Waals surface area contributed by atoms with Crippen molar-refractivity contribution in [1.29, 1.82) is 0 Å². The zero-order valence-corrected chi connectivity index (χ0v) is 7.60. The number of nitrogens with two attached hydrogens (primary N) is 1. The molecule has 2 nitrogen and oxygen atoms in total. The van der Waals surface area contributed by atoms with E-state index in [1.807, 2.05) is 0 Å². The molecule has 0 unspecified atom stereocenters. The van der Waals surface area contributed by atoms with Crippen LogP contribution in [0.2, 0.25) is 0 Å². The molecule has 0 aromatic carbocycles. The van der Waals surface area contributed by atoms with E-state index in [4.69, 9.17) is 5.84 Å². The highest BCUT2D eigenvalue weighted by Crippen LogP contribution is 2.72. The molecule has 0 aromatic rings. The van der Waals surface area contributed by atoms with E-state index in [1.54, 1.807) is 0 Å². The Morgan fingerprint density at radius 1 is 1.08 bits per heavy atom. The Morgan fingerprint density at radius 2 is 1.67 bits per heavy atom. The van der Waals surface area contributed by atoms with E-state index >= 15 is 0 Å². The first kappa shape index (κ1) is 7.34. The summed E-state index contributed by atoms with van der Waals surface area (Å²) in [4.78, 5) is 0. The quantitative estimate of drug-likeness (QED) is 0.482. The lowest BCUT2D eigenvalue weighted by atomic mass is 9.36. The summed E-state index contributed by atoms with van der Waals surface area (Å²) in [6.07, 6.45) is 10.1. The van der Waals surface area contributed by atoms with Gasteiger partial charge in [-0.1, -0.05) is 12.8 Å². The van der Waals surface area contributed by atoms with E-state index in [9.17, 15) is 0 Å². The van der Waals surface area contributed by atoms with Gasteiger partial charge in [-0.2, -0.15) is 0 Å². The van der Waals surface area contributed by atoms with Gasteiger partial charge in [-0.05, 0) is 43.4 Å². The third kappa shape index (κ3) is 0.686. The molecule has 0 radical (unpaired) electrons. The van der Waals surface area contributed by atoms with Crippen LogP contribution in [0, 0.1) is 11.3 Å². The minimum Gasteiger partial charge on any atom is -0.271 e. The van der Waals surface area contributed by atoms with Gasteiger partial charge >= 0.3 is 0 Å². The van der Waals surface area contributed by atoms with E-state index in [-0.39, 0.29) is 0 Å². The van der Waals surface area contributed by atoms with Crippen molar-refractivity contribution in [3.05, 3.63) is 0 Å². The van der Waals surface area contributed by atoms with Crippen LogP contribution in [0.15, 0.2) is 0 Å². The number of rotatable bonds is 2. The van der Waals surface area contributed by atoms with Crippen LogP contribution < -0.4 is 11.3 Å². The molecule has 4 rings (SSSR count). The summed E-state index contributed by atoms with van der Waals surface area (Å²) in [5.41, 5.74) is 4.16. The molecule has 2 heteroatoms. The molecule has 68 valence electrons. The largest absolute Gasteiger partial charge is 0.271 e. The molecule has 0 atom stereocenters. The van der Waals surface area contributed by atoms with Crippen LogP contribution >= 0.6 is 0 Å². The molecule has 0 saturated heterocycles. The Balaban J connectivity index is 1.67. The number of hydrazine groups is 1. The molecule has 0 aliphatic heterocycles. The molecule has 2 bridgehead atoms. The van der Waals surface area contributed by atoms with Crippen LogP contribution in [0.25, 0.3) is 0 Å². The Morgan fingerprint density at radius 3 is 2.17 bits per heavy atom. The second kappa shape index (κ2) is 2.05. The Labute approximate surface area is 73.9 Å². The third-order valence-electron chi connectivity index (χ3n) is 4.60. The molecule has 4 aliphatic rings. The van der Waals surface area contributed by atoms with Gasteiger partial charge in [0, 0.05) is 5.54 Å². The molecular formula is C10H18N2. The number of hydrogen-bond acceptors (Lipinski definition) is 2. The SMILES string of the molecule is NNC12CC(C3CCCC3)(C1)C2. The molecule has 4 fully saturated rings. The van der Waals surface area contributed by atoms with E-state index in [0.29, 0.717) is 5.54 Å². The summed E-state index contributed by atoms with van der Waals surface area (Å²) < 4.78 is 0. The van der Waals surface area contributed by atoms with Crippen molar-refractivity contribution >= 4 is 0 Å². The van der Waals surface area contributed by atoms with Crippen molar-refractivity contribution in [1.82, 2.24) is 5.43 Å². The normalized spacial score (nSPS) is 51.8. The van der Waals surface area contributed by atoms with E-state index in [1.165, 1.54) is 44.9 Å². The highest BCUT2D eigenvalue weighted by molar-refractivity contribution is 5.24. The van der Waals surface area contributed by atoms with Gasteiger partial charge in [0.2, 0.25) is 0 Å². The van der Waals surface area contributed by atoms with Crippen molar-refractivity contribution in [3.8, 4) is 0 Å². The fourth-order valence-electron chi connectivity index (χ4n) is 3.99. The Kier molecular flexibility index (Phi) is 1.25. The molecule has 0 spiro atoms. The maximum absolute atomic E-state index is 5.51. The van der Waals surface area contributed by atoms with Gasteiger partial charge < -0.3 is 0 Å². The number of nitrogens with one attached hydrogen (secondary N) is 1. The van der Waals surface area contributed by atoms with Crippen LogP contribution in [0.4, 0.5) is 0 Å². The minimum atomic E-state index is 0.405. The molecular weight excluding hydrogens is 148 g/mol. The van der Waals surface area contributed by atoms with Gasteiger partial charge in [0.15, 0.2) is 0 Å². The molecule has 0 amide bonds. The van der Waals surface area contributed by atoms with Crippen molar-refractivity contribution < 1.29 is 0 Å². The van der Waals surface area contributed by atoms with Crippen LogP contribution in [0.5, 0.6) is 0 Å². The summed E-state index contributed by atoms with van der Waals surface area (Å²) >= 11 is 0. The summed E-state index contributed by atoms with van der Waals surface area (Å²) in [5, 5.41) is 0. The highest BCUT2D eigenvalue weighted by Gasteiger charge is 2.69. The van der Waals surface area contributed by atoms with Crippen LogP contribution in [-0.2, 0) is 0 Å². The standard InChI is InChI=1S/C10H18N2/c11-12-10-5-9(6-10,7-10)8-3-1-2-4-8/h8,12H,1-7,11H2. The summed E-state index contributed by atoms with van der Waals surface area (Å²) in [6.45, 7) is 0. The number of hydrogen-bond donors (Lipinski definition) is 2. The monoisotopic (exact) mass is 166 g/mol. The predicted molar refractivity (Wildman–Crippen MR) is 48.3 cm³/mol. The molecule has 4 saturated carbocycles. The maximum Gasteiger partial charge on any atom is 0.0337 e. The van der Waals surface area contributed by atoms with Gasteiger partial charge in [0.25, 0.3) is 0 Å². The van der Waals surface area contributed by atoms with Crippen molar-refractivity contribution in [3.63, 3.8) is 0 Å². The third-order valence-corrected chi connectivity index (χ3v) is 4.60. The van der Waals surface area contributed by atoms with Crippen molar-refractivity contribution in [2.75, 3.05) is 0 Å². The van der Waals surface area contributed by atoms with Gasteiger partial charge in [0.05, 0.1) is 0 Å². The lowest BCUT2D eigenvalue weighted by Crippen LogP contribution is -2.76. The average molecular weight is 166 g/mol. The second-order valence-electron chi connectivity index (χ2n) is 5.30. The first-order valence-electron chi connectivity index (χ1n) is 5.27. The zero-order valence-electron chi connectivity index (χ0n) is 7.60. The van der Waals surface area contributed by atoms with Crippen molar-refractivity contribution in [2.24, 2.45) is 17.2 Å². The van der Waals surface area contributed by atoms with Gasteiger partial charge in [0.1, 0.15) is 0 Å². The van der Waals surface area contributed by atoms with Crippen LogP contribution in [0.1, 0.15) is 44.9 Å². The molecule has 12 heavy (non-hydrogen) atoms. The van der Waals surface area contributed by atoms with Gasteiger partial charge in [-0.25, -0.2) is 0 Å². The topological polar surface area (TPSA) is 38.0 Å². The Hall–Kier alpha value is -0.0800. The highest BCUT2D eigenvalue weighted by atomic mass is 15.3. The fraction of sp³-hybridized carbons (Fsp3) is 1.00. The predicted octanol–water partition coefficient (Wildman–Crippen LogP) is 1.56. The first-order valence-corrected chi connectivity index (χ1v) is 5.27. The maximum atomic E-state index is 5.51. The lowest BCUT2D eigenvalue weighted by molar-refractivity contribution is -0.190. The van der Waals surface area contributed by atoms with E-state index < -0.39 is 0 Å². The zero-order chi connectivity index (χ0) is 8.23. The summed E-state index contributed by atoms with van der Waals surface area (Å²) in [7, 11) is 0. The van der Waals surface area contributed by atoms with Crippen LogP contribution in [-0.4, -0.2) is 5.54 Å². The fourth-order valence-corrected chi connectivity index (χ4v) is 3.99. The van der Waals surface area contributed by atoms with Gasteiger partial charge in [-0.15, -0.1) is 0 Å². The van der Waals surface area contributed by atoms with E-state index in [2.05, 4.69) is 5.43 Å². The first-order chi connectivity index (χ1) is 5.79. The molecule has 3 N–H and O–H groups in total. The smallest absolute Gasteiger partial charge is 0.0337 e.